The van der Waals surface area contributed by atoms with Crippen molar-refractivity contribution in [2.24, 2.45) is 58.3 Å². The number of hydrogen-bond donors (Lipinski definition) is 1. The van der Waals surface area contributed by atoms with Crippen LogP contribution in [0.4, 0.5) is 0 Å². The molecule has 0 amide bonds. The zero-order chi connectivity index (χ0) is 26.1. The highest BCUT2D eigenvalue weighted by Crippen LogP contribution is 2.75. The minimum absolute atomic E-state index is 0.0815. The molecular formula is C32H48N2O2. The van der Waals surface area contributed by atoms with E-state index < -0.39 is 11.4 Å². The monoisotopic (exact) mass is 492 g/mol. The van der Waals surface area contributed by atoms with Crippen molar-refractivity contribution in [3.05, 3.63) is 29.1 Å². The number of carbonyl (C=O) groups is 1. The zero-order valence-electron chi connectivity index (χ0n) is 23.9. The molecule has 0 saturated heterocycles. The Morgan fingerprint density at radius 3 is 2.44 bits per heavy atom. The Bertz CT molecular complexity index is 1150. The van der Waals surface area contributed by atoms with Crippen molar-refractivity contribution in [3.8, 4) is 0 Å². The summed E-state index contributed by atoms with van der Waals surface area (Å²) in [7, 11) is 2.12. The molecule has 0 aliphatic heterocycles. The number of carboxylic acids is 1. The van der Waals surface area contributed by atoms with Gasteiger partial charge in [0.1, 0.15) is 0 Å². The predicted molar refractivity (Wildman–Crippen MR) is 144 cm³/mol. The van der Waals surface area contributed by atoms with Gasteiger partial charge in [-0.25, -0.2) is 0 Å². The van der Waals surface area contributed by atoms with Crippen molar-refractivity contribution in [2.45, 2.75) is 105 Å². The molecule has 5 aliphatic rings. The van der Waals surface area contributed by atoms with Crippen molar-refractivity contribution >= 4 is 5.97 Å². The Morgan fingerprint density at radius 2 is 1.75 bits per heavy atom. The minimum Gasteiger partial charge on any atom is -0.481 e. The van der Waals surface area contributed by atoms with E-state index in [0.29, 0.717) is 23.7 Å². The smallest absolute Gasteiger partial charge is 0.310 e. The van der Waals surface area contributed by atoms with Crippen molar-refractivity contribution < 1.29 is 9.90 Å². The minimum atomic E-state index is -0.557. The van der Waals surface area contributed by atoms with Gasteiger partial charge in [0, 0.05) is 18.2 Å². The zero-order valence-corrected chi connectivity index (χ0v) is 23.9. The molecule has 1 heterocycles. The quantitative estimate of drug-likeness (QED) is 0.423. The van der Waals surface area contributed by atoms with E-state index in [1.54, 1.807) is 0 Å². The van der Waals surface area contributed by atoms with Crippen LogP contribution in [0.1, 0.15) is 105 Å². The predicted octanol–water partition coefficient (Wildman–Crippen LogP) is 7.18. The molecule has 4 nitrogen and oxygen atoms in total. The Labute approximate surface area is 218 Å². The van der Waals surface area contributed by atoms with Crippen molar-refractivity contribution in [2.75, 3.05) is 0 Å². The molecule has 0 bridgehead atoms. The third kappa shape index (κ3) is 2.67. The first-order chi connectivity index (χ1) is 16.7. The van der Waals surface area contributed by atoms with Crippen LogP contribution in [0.25, 0.3) is 0 Å². The summed E-state index contributed by atoms with van der Waals surface area (Å²) in [6, 6.07) is 0. The fraction of sp³-hybridized carbons (Fsp3) is 0.812. The van der Waals surface area contributed by atoms with Crippen molar-refractivity contribution in [1.29, 1.82) is 0 Å². The van der Waals surface area contributed by atoms with Gasteiger partial charge < -0.3 is 5.11 Å². The summed E-state index contributed by atoms with van der Waals surface area (Å²) in [6.07, 6.45) is 13.2. The second-order valence-electron chi connectivity index (χ2n) is 15.1. The molecule has 9 atom stereocenters. The molecule has 6 rings (SSSR count). The Balaban J connectivity index is 1.48. The molecule has 3 saturated carbocycles. The van der Waals surface area contributed by atoms with Gasteiger partial charge in [0.2, 0.25) is 0 Å². The number of allylic oxidation sites excluding steroid dienone is 2. The topological polar surface area (TPSA) is 55.1 Å². The fourth-order valence-electron chi connectivity index (χ4n) is 11.7. The van der Waals surface area contributed by atoms with Gasteiger partial charge >= 0.3 is 5.97 Å². The first-order valence-electron chi connectivity index (χ1n) is 14.7. The third-order valence-corrected chi connectivity index (χ3v) is 13.7. The van der Waals surface area contributed by atoms with E-state index in [0.717, 1.165) is 38.5 Å². The lowest BCUT2D eigenvalue weighted by atomic mass is 9.33. The van der Waals surface area contributed by atoms with Gasteiger partial charge in [-0.3, -0.25) is 9.48 Å². The average Bonchev–Trinajstić information content (AvgIpc) is 3.16. The van der Waals surface area contributed by atoms with Crippen LogP contribution in [0.5, 0.6) is 0 Å². The number of aliphatic carboxylic acids is 1. The van der Waals surface area contributed by atoms with E-state index in [4.69, 9.17) is 5.10 Å². The first kappa shape index (κ1) is 24.7. The molecule has 5 aliphatic carbocycles. The lowest BCUT2D eigenvalue weighted by Gasteiger charge is -2.70. The summed E-state index contributed by atoms with van der Waals surface area (Å²) in [6.45, 7) is 17.4. The Morgan fingerprint density at radius 1 is 1.03 bits per heavy atom. The summed E-state index contributed by atoms with van der Waals surface area (Å²) in [4.78, 5) is 12.9. The van der Waals surface area contributed by atoms with E-state index in [1.807, 2.05) is 0 Å². The van der Waals surface area contributed by atoms with Crippen molar-refractivity contribution in [1.82, 2.24) is 9.78 Å². The van der Waals surface area contributed by atoms with Gasteiger partial charge in [0.05, 0.1) is 11.6 Å². The number of fused-ring (bicyclic) bond motifs is 8. The maximum atomic E-state index is 12.9. The van der Waals surface area contributed by atoms with Gasteiger partial charge in [0.25, 0.3) is 0 Å². The lowest BCUT2D eigenvalue weighted by Crippen LogP contribution is -2.65. The average molecular weight is 493 g/mol. The molecule has 1 aromatic rings. The Hall–Kier alpha value is -1.58. The number of hydrogen-bond acceptors (Lipinski definition) is 2. The van der Waals surface area contributed by atoms with Crippen LogP contribution in [0.15, 0.2) is 17.8 Å². The number of aryl methyl sites for hydroxylation is 1. The molecule has 1 N–H and O–H groups in total. The molecule has 198 valence electrons. The highest BCUT2D eigenvalue weighted by atomic mass is 16.4. The summed E-state index contributed by atoms with van der Waals surface area (Å²) < 4.78 is 2.14. The highest BCUT2D eigenvalue weighted by Gasteiger charge is 2.69. The van der Waals surface area contributed by atoms with E-state index in [9.17, 15) is 9.90 Å². The van der Waals surface area contributed by atoms with E-state index >= 15 is 0 Å². The third-order valence-electron chi connectivity index (χ3n) is 13.7. The van der Waals surface area contributed by atoms with Crippen LogP contribution in [0.3, 0.4) is 0 Å². The number of carboxylic acid groups (broad SMARTS) is 1. The lowest BCUT2D eigenvalue weighted by molar-refractivity contribution is -0.179. The van der Waals surface area contributed by atoms with Gasteiger partial charge in [0.15, 0.2) is 0 Å². The van der Waals surface area contributed by atoms with Crippen LogP contribution < -0.4 is 0 Å². The summed E-state index contributed by atoms with van der Waals surface area (Å²) >= 11 is 0. The second kappa shape index (κ2) is 7.29. The summed E-state index contributed by atoms with van der Waals surface area (Å²) in [5.74, 6) is 1.93. The van der Waals surface area contributed by atoms with E-state index in [1.165, 1.54) is 29.7 Å². The maximum absolute atomic E-state index is 12.9. The largest absolute Gasteiger partial charge is 0.481 e. The summed E-state index contributed by atoms with van der Waals surface area (Å²) in [5.41, 5.74) is 4.49. The maximum Gasteiger partial charge on any atom is 0.310 e. The van der Waals surface area contributed by atoms with Crippen LogP contribution in [0.2, 0.25) is 0 Å². The molecule has 0 radical (unpaired) electrons. The number of nitrogens with zero attached hydrogens (tertiary/aromatic N) is 2. The molecule has 3 fully saturated rings. The Kier molecular flexibility index (Phi) is 5.01. The number of aromatic nitrogens is 2. The van der Waals surface area contributed by atoms with Crippen LogP contribution in [-0.4, -0.2) is 20.9 Å². The number of rotatable bonds is 1. The second-order valence-corrected chi connectivity index (χ2v) is 15.1. The molecule has 0 unspecified atom stereocenters. The fourth-order valence-corrected chi connectivity index (χ4v) is 11.7. The van der Waals surface area contributed by atoms with Gasteiger partial charge in [-0.2, -0.15) is 5.10 Å². The van der Waals surface area contributed by atoms with E-state index in [-0.39, 0.29) is 27.6 Å². The normalized spacial score (nSPS) is 49.0. The molecule has 0 aromatic carbocycles. The molecule has 1 aromatic heterocycles. The van der Waals surface area contributed by atoms with Crippen LogP contribution >= 0.6 is 0 Å². The highest BCUT2D eigenvalue weighted by molar-refractivity contribution is 5.76. The summed E-state index contributed by atoms with van der Waals surface area (Å²) in [5, 5.41) is 15.3. The standard InChI is InChI=1S/C32H48N2O2/c1-19-11-14-32(27(35)36)16-15-30(6)22(25(32)20(19)2)9-10-24-29(5)17-21-18-33-34(8)26(21)28(3,4)23(29)12-13-31(24,30)7/h9,18-20,23-25H,10-17H2,1-8H3,(H,35,36)/t19-,20+,23+,24-,25+,29+,30-,31-,32+/m1/s1. The molecule has 0 spiro atoms. The molecule has 36 heavy (non-hydrogen) atoms. The van der Waals surface area contributed by atoms with Crippen LogP contribution in [-0.2, 0) is 23.7 Å². The van der Waals surface area contributed by atoms with Crippen molar-refractivity contribution in [3.63, 3.8) is 0 Å². The van der Waals surface area contributed by atoms with Gasteiger partial charge in [-0.1, -0.05) is 60.1 Å². The molecule has 4 heteroatoms. The van der Waals surface area contributed by atoms with Gasteiger partial charge in [-0.05, 0) is 103 Å². The first-order valence-corrected chi connectivity index (χ1v) is 14.7. The van der Waals surface area contributed by atoms with Gasteiger partial charge in [-0.15, -0.1) is 0 Å². The van der Waals surface area contributed by atoms with E-state index in [2.05, 4.69) is 72.5 Å². The molecular weight excluding hydrogens is 444 g/mol. The SMILES string of the molecule is C[C@H]1[C@H](C)CC[C@]2(C(=O)O)CC[C@]3(C)C(=CC[C@@H]4[C@@]5(C)Cc6cnn(C)c6C(C)(C)[C@@H]5CC[C@]43C)[C@H]12. The van der Waals surface area contributed by atoms with Crippen LogP contribution in [0, 0.1) is 51.2 Å².